The first-order valence-corrected chi connectivity index (χ1v) is 25.9. The molecule has 0 aliphatic heterocycles. The Morgan fingerprint density at radius 1 is 0.508 bits per heavy atom. The summed E-state index contributed by atoms with van der Waals surface area (Å²) in [6.07, 6.45) is 50.7. The van der Waals surface area contributed by atoms with E-state index in [1.807, 2.05) is 0 Å². The van der Waals surface area contributed by atoms with Crippen molar-refractivity contribution in [3.05, 3.63) is 24.3 Å². The summed E-state index contributed by atoms with van der Waals surface area (Å²) >= 11 is 0. The van der Waals surface area contributed by atoms with E-state index in [0.29, 0.717) is 12.8 Å². The molecular formula is C53H99NO7. The number of rotatable bonds is 47. The molecule has 0 amide bonds. The van der Waals surface area contributed by atoms with Crippen LogP contribution >= 0.6 is 0 Å². The molecule has 8 heteroatoms. The lowest BCUT2D eigenvalue weighted by Gasteiger charge is -2.34. The van der Waals surface area contributed by atoms with Crippen molar-refractivity contribution in [2.75, 3.05) is 41.0 Å². The van der Waals surface area contributed by atoms with E-state index in [1.54, 1.807) is 21.1 Å². The quantitative estimate of drug-likeness (QED) is 0.0260. The number of carbonyl (C=O) groups excluding carboxylic acids is 3. The first kappa shape index (κ1) is 58.8. The van der Waals surface area contributed by atoms with Gasteiger partial charge >= 0.3 is 11.9 Å². The van der Waals surface area contributed by atoms with Crippen LogP contribution in [0.4, 0.5) is 0 Å². The average Bonchev–Trinajstić information content (AvgIpc) is 3.22. The van der Waals surface area contributed by atoms with Crippen molar-refractivity contribution < 1.29 is 38.2 Å². The predicted molar refractivity (Wildman–Crippen MR) is 254 cm³/mol. The van der Waals surface area contributed by atoms with Crippen molar-refractivity contribution in [1.82, 2.24) is 0 Å². The number of ether oxygens (including phenoxy) is 3. The van der Waals surface area contributed by atoms with Crippen LogP contribution in [-0.4, -0.2) is 75.5 Å². The van der Waals surface area contributed by atoms with Crippen LogP contribution in [0.15, 0.2) is 24.3 Å². The lowest BCUT2D eigenvalue weighted by molar-refractivity contribution is -0.889. The number of likely N-dealkylation sites (N-methyl/N-ethyl adjacent to an activating group) is 1. The molecule has 358 valence electrons. The molecule has 0 bridgehead atoms. The Balaban J connectivity index is 4.16. The first-order chi connectivity index (χ1) is 29.6. The monoisotopic (exact) mass is 862 g/mol. The van der Waals surface area contributed by atoms with Gasteiger partial charge < -0.3 is 28.6 Å². The number of carboxylic acids is 1. The van der Waals surface area contributed by atoms with Gasteiger partial charge in [0.1, 0.15) is 12.6 Å². The van der Waals surface area contributed by atoms with Gasteiger partial charge in [0.25, 0.3) is 0 Å². The Morgan fingerprint density at radius 3 is 1.34 bits per heavy atom. The minimum absolute atomic E-state index is 0.0427. The Kier molecular flexibility index (Phi) is 42.8. The Bertz CT molecular complexity index is 1050. The van der Waals surface area contributed by atoms with E-state index in [4.69, 9.17) is 14.2 Å². The van der Waals surface area contributed by atoms with E-state index in [9.17, 15) is 19.5 Å². The third-order valence-electron chi connectivity index (χ3n) is 11.9. The molecule has 0 fully saturated rings. The van der Waals surface area contributed by atoms with Gasteiger partial charge in [-0.05, 0) is 38.5 Å². The van der Waals surface area contributed by atoms with Crippen LogP contribution < -0.4 is 5.11 Å². The lowest BCUT2D eigenvalue weighted by Crippen LogP contribution is -2.55. The second-order valence-corrected chi connectivity index (χ2v) is 18.7. The van der Waals surface area contributed by atoms with Crippen molar-refractivity contribution in [3.63, 3.8) is 0 Å². The van der Waals surface area contributed by atoms with Crippen LogP contribution in [-0.2, 0) is 28.6 Å². The molecule has 0 heterocycles. The molecule has 0 aliphatic carbocycles. The largest absolute Gasteiger partial charge is 0.544 e. The molecule has 0 N–H and O–H groups in total. The molecule has 0 saturated carbocycles. The third-order valence-corrected chi connectivity index (χ3v) is 11.9. The summed E-state index contributed by atoms with van der Waals surface area (Å²) in [5, 5.41) is 11.7. The molecule has 8 nitrogen and oxygen atoms in total. The van der Waals surface area contributed by atoms with Crippen molar-refractivity contribution >= 4 is 17.9 Å². The highest BCUT2D eigenvalue weighted by molar-refractivity contribution is 5.70. The maximum absolute atomic E-state index is 12.8. The molecule has 0 aliphatic rings. The summed E-state index contributed by atoms with van der Waals surface area (Å²) in [5.41, 5.74) is 0. The second kappa shape index (κ2) is 44.4. The summed E-state index contributed by atoms with van der Waals surface area (Å²) in [6.45, 7) is 4.59. The van der Waals surface area contributed by atoms with Gasteiger partial charge in [0.2, 0.25) is 0 Å². The Hall–Kier alpha value is -2.19. The van der Waals surface area contributed by atoms with Crippen LogP contribution in [0.3, 0.4) is 0 Å². The van der Waals surface area contributed by atoms with Gasteiger partial charge in [0.05, 0.1) is 40.3 Å². The lowest BCUT2D eigenvalue weighted by atomic mass is 10.0. The summed E-state index contributed by atoms with van der Waals surface area (Å²) in [7, 11) is 5.42. The topological polar surface area (TPSA) is 102 Å². The molecule has 2 unspecified atom stereocenters. The van der Waals surface area contributed by atoms with E-state index < -0.39 is 18.1 Å². The highest BCUT2D eigenvalue weighted by Gasteiger charge is 2.25. The fraction of sp³-hybridized carbons (Fsp3) is 0.868. The number of quaternary nitrogens is 1. The smallest absolute Gasteiger partial charge is 0.306 e. The number of carboxylic acid groups (broad SMARTS) is 1. The Morgan fingerprint density at radius 2 is 0.918 bits per heavy atom. The molecule has 0 spiro atoms. The van der Waals surface area contributed by atoms with Gasteiger partial charge in [-0.2, -0.15) is 0 Å². The van der Waals surface area contributed by atoms with Gasteiger partial charge in [-0.15, -0.1) is 0 Å². The summed E-state index contributed by atoms with van der Waals surface area (Å²) in [4.78, 5) is 37.0. The molecule has 0 rings (SSSR count). The minimum atomic E-state index is -1.12. The molecule has 0 radical (unpaired) electrons. The summed E-state index contributed by atoms with van der Waals surface area (Å²) in [5.74, 6) is -1.73. The highest BCUT2D eigenvalue weighted by atomic mass is 16.6. The van der Waals surface area contributed by atoms with E-state index in [0.717, 1.165) is 57.8 Å². The van der Waals surface area contributed by atoms with Crippen LogP contribution in [0.1, 0.15) is 245 Å². The van der Waals surface area contributed by atoms with E-state index in [-0.39, 0.29) is 42.7 Å². The van der Waals surface area contributed by atoms with Crippen LogP contribution in [0, 0.1) is 0 Å². The van der Waals surface area contributed by atoms with Gasteiger partial charge in [-0.1, -0.05) is 212 Å². The van der Waals surface area contributed by atoms with E-state index >= 15 is 0 Å². The van der Waals surface area contributed by atoms with Gasteiger partial charge in [0, 0.05) is 19.3 Å². The molecule has 2 atom stereocenters. The molecule has 0 aromatic heterocycles. The number of carbonyl (C=O) groups is 3. The zero-order valence-corrected chi connectivity index (χ0v) is 40.8. The van der Waals surface area contributed by atoms with Gasteiger partial charge in [-0.3, -0.25) is 9.59 Å². The molecule has 0 aromatic carbocycles. The third kappa shape index (κ3) is 42.9. The SMILES string of the molecule is CC/C=C/C/C=C/CCCCCCCCCC(=O)OCC(COCCC(C(=O)[O-])[N+](C)(C)C)OC(=O)CCCCCCCCCCCCCCCCCCCCCCCCC. The molecule has 0 aromatic rings. The summed E-state index contributed by atoms with van der Waals surface area (Å²) < 4.78 is 17.2. The van der Waals surface area contributed by atoms with Crippen LogP contribution in [0.2, 0.25) is 0 Å². The standard InChI is InChI=1S/C53H99NO7/c1-6-8-10-12-14-16-18-20-22-23-24-25-26-27-28-29-30-32-34-36-38-40-42-44-52(56)61-49(47-59-46-45-50(53(57)58)54(3,4)5)48-60-51(55)43-41-39-37-35-33-31-21-19-17-15-13-11-9-7-2/h9,11,15,17,49-50H,6-8,10,12-14,16,18-48H2,1-5H3/b11-9+,17-15+. The fourth-order valence-corrected chi connectivity index (χ4v) is 7.88. The average molecular weight is 862 g/mol. The van der Waals surface area contributed by atoms with E-state index in [2.05, 4.69) is 38.2 Å². The van der Waals surface area contributed by atoms with Crippen molar-refractivity contribution in [3.8, 4) is 0 Å². The first-order valence-electron chi connectivity index (χ1n) is 25.9. The van der Waals surface area contributed by atoms with Crippen LogP contribution in [0.5, 0.6) is 0 Å². The maximum atomic E-state index is 12.8. The molecular weight excluding hydrogens is 763 g/mol. The van der Waals surface area contributed by atoms with Crippen LogP contribution in [0.25, 0.3) is 0 Å². The zero-order chi connectivity index (χ0) is 44.9. The van der Waals surface area contributed by atoms with Gasteiger partial charge in [0.15, 0.2) is 6.10 Å². The number of hydrogen-bond donors (Lipinski definition) is 0. The number of nitrogens with zero attached hydrogens (tertiary/aromatic N) is 1. The maximum Gasteiger partial charge on any atom is 0.306 e. The predicted octanol–water partition coefficient (Wildman–Crippen LogP) is 13.5. The number of unbranched alkanes of at least 4 members (excludes halogenated alkanes) is 29. The highest BCUT2D eigenvalue weighted by Crippen LogP contribution is 2.17. The van der Waals surface area contributed by atoms with Gasteiger partial charge in [-0.25, -0.2) is 0 Å². The van der Waals surface area contributed by atoms with Crippen molar-refractivity contribution in [1.29, 1.82) is 0 Å². The van der Waals surface area contributed by atoms with Crippen molar-refractivity contribution in [2.24, 2.45) is 0 Å². The zero-order valence-electron chi connectivity index (χ0n) is 40.8. The number of aliphatic carboxylic acids is 1. The second-order valence-electron chi connectivity index (χ2n) is 18.7. The normalized spacial score (nSPS) is 13.0. The Labute approximate surface area is 377 Å². The summed E-state index contributed by atoms with van der Waals surface area (Å²) in [6, 6.07) is -0.724. The number of esters is 2. The fourth-order valence-electron chi connectivity index (χ4n) is 7.88. The minimum Gasteiger partial charge on any atom is -0.544 e. The molecule has 61 heavy (non-hydrogen) atoms. The van der Waals surface area contributed by atoms with Crippen molar-refractivity contribution in [2.45, 2.75) is 257 Å². The van der Waals surface area contributed by atoms with E-state index in [1.165, 1.54) is 154 Å². The number of allylic oxidation sites excluding steroid dienone is 4. The molecule has 0 saturated heterocycles. The number of hydrogen-bond acceptors (Lipinski definition) is 7.